The molecule has 2 fully saturated rings. The smallest absolute Gasteiger partial charge is 0.327 e. The number of ether oxygens (including phenoxy) is 1. The van der Waals surface area contributed by atoms with Crippen molar-refractivity contribution in [3.63, 3.8) is 0 Å². The van der Waals surface area contributed by atoms with Gasteiger partial charge in [0.1, 0.15) is 36.8 Å². The first kappa shape index (κ1) is 46.9. The highest BCUT2D eigenvalue weighted by Gasteiger charge is 2.54. The van der Waals surface area contributed by atoms with Gasteiger partial charge in [-0.25, -0.2) is 30.9 Å². The maximum Gasteiger partial charge on any atom is 0.327 e. The van der Waals surface area contributed by atoms with Crippen molar-refractivity contribution in [2.24, 2.45) is 11.8 Å². The quantitative estimate of drug-likeness (QED) is 0.0206. The second kappa shape index (κ2) is 18.6. The Morgan fingerprint density at radius 1 is 1.05 bits per heavy atom. The number of aliphatic hydroxyl groups excluding tert-OH is 2. The third kappa shape index (κ3) is 9.14. The predicted octanol–water partition coefficient (Wildman–Crippen LogP) is 5.50. The highest BCUT2D eigenvalue weighted by atomic mass is 35.5. The molecule has 65 heavy (non-hydrogen) atoms. The molecule has 0 radical (unpaired) electrons. The van der Waals surface area contributed by atoms with Crippen LogP contribution in [0, 0.1) is 28.5 Å². The third-order valence-corrected chi connectivity index (χ3v) is 19.8. The Hall–Kier alpha value is -4.57. The lowest BCUT2D eigenvalue weighted by atomic mass is 9.70. The molecule has 8 atom stereocenters. The summed E-state index contributed by atoms with van der Waals surface area (Å²) < 4.78 is 39.7. The second-order valence-electron chi connectivity index (χ2n) is 17.6. The van der Waals surface area contributed by atoms with Crippen LogP contribution in [0.2, 0.25) is 23.3 Å². The minimum Gasteiger partial charge on any atom is -0.408 e. The first-order chi connectivity index (χ1) is 31.0. The van der Waals surface area contributed by atoms with Crippen molar-refractivity contribution in [1.29, 1.82) is 0 Å². The van der Waals surface area contributed by atoms with E-state index in [1.807, 2.05) is 4.57 Å². The summed E-state index contributed by atoms with van der Waals surface area (Å²) in [5, 5.41) is 32.6. The average Bonchev–Trinajstić information content (AvgIpc) is 4.05. The van der Waals surface area contributed by atoms with E-state index in [1.165, 1.54) is 29.2 Å². The van der Waals surface area contributed by atoms with Crippen LogP contribution in [0.1, 0.15) is 45.0 Å². The Kier molecular flexibility index (Phi) is 13.4. The number of imidazole rings is 3. The van der Waals surface area contributed by atoms with Gasteiger partial charge in [0.15, 0.2) is 36.5 Å². The Morgan fingerprint density at radius 2 is 1.78 bits per heavy atom. The number of non-ortho nitro benzene ring substituents is 1. The standard InChI is InChI=1S/C40H49ClN11O10PSSi/c1-40(2,3)65(5,6)62-32-29(19-54)60-38(51-23-46-31-36(51)47-39-48(14-15-49(39)37(31)55)13-11-24-7-9-26(10-8-24)52(56)57)33(32)61-63(64,58-16-12-42-4)59-20-25-17-28(27(25)18-53)50-22-45-30-34(41)43-21-44-35(30)50/h7-10,14-15,21-23,25,27-29,32-33,38,53-54H,11-13,16-20H2,1-3,5-6H3/t25-,27-,28?,29-,32-,33-,38-,63?/m1/s1. The maximum absolute atomic E-state index is 14.0. The number of nitrogens with zero attached hydrogens (tertiary/aromatic N) is 11. The van der Waals surface area contributed by atoms with Crippen LogP contribution in [0.3, 0.4) is 0 Å². The maximum atomic E-state index is 14.0. The van der Waals surface area contributed by atoms with E-state index in [0.29, 0.717) is 36.3 Å². The Labute approximate surface area is 383 Å². The topological polar surface area (TPSA) is 235 Å². The molecule has 1 aliphatic carbocycles. The molecular weight excluding hydrogens is 921 g/mol. The SMILES string of the molecule is [C-]#[N+]CCOP(=S)(OC[C@H]1CC(n2cnc3c(Cl)ncnc32)[C@@H]1CO)O[C@@H]1[C@H](O[Si](C)(C)C(C)(C)C)[C@@H](CO)O[C@H]1n1cnc2c(=O)n3ccn(CCc4ccc([N+](=O)[O-])cc4)c3nc21. The molecule has 1 saturated carbocycles. The predicted molar refractivity (Wildman–Crippen MR) is 243 cm³/mol. The highest BCUT2D eigenvalue weighted by molar-refractivity contribution is 8.07. The zero-order valence-electron chi connectivity index (χ0n) is 36.2. The van der Waals surface area contributed by atoms with E-state index < -0.39 is 56.7 Å². The first-order valence-corrected chi connectivity index (χ1v) is 26.8. The molecule has 0 bridgehead atoms. The minimum absolute atomic E-state index is 0.0113. The summed E-state index contributed by atoms with van der Waals surface area (Å²) in [5.74, 6) is -0.165. The number of aryl methyl sites for hydroxylation is 2. The highest BCUT2D eigenvalue weighted by Crippen LogP contribution is 2.57. The van der Waals surface area contributed by atoms with Crippen molar-refractivity contribution in [1.82, 2.24) is 43.0 Å². The lowest BCUT2D eigenvalue weighted by Gasteiger charge is -2.45. The van der Waals surface area contributed by atoms with Crippen molar-refractivity contribution >= 4 is 72.2 Å². The summed E-state index contributed by atoms with van der Waals surface area (Å²) in [6.45, 7) is 13.7. The van der Waals surface area contributed by atoms with Crippen molar-refractivity contribution in [2.75, 3.05) is 33.0 Å². The van der Waals surface area contributed by atoms with E-state index in [4.69, 9.17) is 57.7 Å². The molecule has 1 aromatic carbocycles. The number of halogens is 1. The van der Waals surface area contributed by atoms with Gasteiger partial charge in [-0.2, -0.15) is 4.98 Å². The number of hydrogen-bond acceptors (Lipinski definition) is 16. The molecule has 0 spiro atoms. The molecule has 25 heteroatoms. The van der Waals surface area contributed by atoms with E-state index in [-0.39, 0.29) is 71.3 Å². The zero-order chi connectivity index (χ0) is 46.4. The molecular formula is C40H49ClN11O10PSSi. The first-order valence-electron chi connectivity index (χ1n) is 20.9. The van der Waals surface area contributed by atoms with Crippen LogP contribution in [-0.4, -0.2) is 118 Å². The van der Waals surface area contributed by atoms with Crippen LogP contribution < -0.4 is 5.56 Å². The summed E-state index contributed by atoms with van der Waals surface area (Å²) in [6, 6.07) is 6.10. The van der Waals surface area contributed by atoms with Gasteiger partial charge in [-0.3, -0.25) is 24.0 Å². The lowest BCUT2D eigenvalue weighted by Crippen LogP contribution is -2.50. The molecule has 2 N–H and O–H groups in total. The van der Waals surface area contributed by atoms with E-state index in [2.05, 4.69) is 58.6 Å². The Bertz CT molecular complexity index is 2860. The number of fused-ring (bicyclic) bond motifs is 3. The molecule has 6 aromatic rings. The number of benzene rings is 1. The van der Waals surface area contributed by atoms with Gasteiger partial charge in [0, 0.05) is 49.6 Å². The molecule has 2 unspecified atom stereocenters. The number of aromatic nitrogens is 9. The molecule has 8 rings (SSSR count). The van der Waals surface area contributed by atoms with Crippen LogP contribution in [0.4, 0.5) is 5.69 Å². The minimum atomic E-state index is -3.80. The lowest BCUT2D eigenvalue weighted by molar-refractivity contribution is -0.384. The van der Waals surface area contributed by atoms with Crippen molar-refractivity contribution < 1.29 is 37.9 Å². The van der Waals surface area contributed by atoms with Crippen molar-refractivity contribution in [2.45, 2.75) is 88.9 Å². The molecule has 21 nitrogen and oxygen atoms in total. The van der Waals surface area contributed by atoms with Crippen LogP contribution in [0.15, 0.2) is 60.4 Å². The van der Waals surface area contributed by atoms with Crippen molar-refractivity contribution in [3.05, 3.63) is 98.2 Å². The van der Waals surface area contributed by atoms with Gasteiger partial charge in [-0.15, -0.1) is 0 Å². The van der Waals surface area contributed by atoms with Crippen LogP contribution in [-0.2, 0) is 47.5 Å². The molecule has 2 aliphatic rings. The molecule has 5 aromatic heterocycles. The fourth-order valence-corrected chi connectivity index (χ4v) is 11.6. The molecule has 346 valence electrons. The van der Waals surface area contributed by atoms with Gasteiger partial charge in [-0.05, 0) is 54.3 Å². The van der Waals surface area contributed by atoms with E-state index >= 15 is 0 Å². The second-order valence-corrected chi connectivity index (χ2v) is 25.7. The number of rotatable bonds is 18. The molecule has 1 saturated heterocycles. The average molecular weight is 970 g/mol. The zero-order valence-corrected chi connectivity index (χ0v) is 39.7. The number of aliphatic hydroxyl groups is 2. The largest absolute Gasteiger partial charge is 0.408 e. The number of nitro benzene ring substituents is 1. The van der Waals surface area contributed by atoms with Gasteiger partial charge >= 0.3 is 6.72 Å². The van der Waals surface area contributed by atoms with Gasteiger partial charge < -0.3 is 42.4 Å². The van der Waals surface area contributed by atoms with Crippen LogP contribution in [0.25, 0.3) is 33.0 Å². The van der Waals surface area contributed by atoms with E-state index in [1.54, 1.807) is 40.0 Å². The molecule has 1 aliphatic heterocycles. The monoisotopic (exact) mass is 969 g/mol. The Morgan fingerprint density at radius 3 is 2.48 bits per heavy atom. The summed E-state index contributed by atoms with van der Waals surface area (Å²) >= 11 is 12.4. The summed E-state index contributed by atoms with van der Waals surface area (Å²) in [6.07, 6.45) is 4.70. The third-order valence-electron chi connectivity index (χ3n) is 12.7. The van der Waals surface area contributed by atoms with Gasteiger partial charge in [0.05, 0.1) is 30.8 Å². The van der Waals surface area contributed by atoms with Gasteiger partial charge in [-0.1, -0.05) is 44.5 Å². The summed E-state index contributed by atoms with van der Waals surface area (Å²) in [7, 11) is -2.64. The van der Waals surface area contributed by atoms with E-state index in [0.717, 1.165) is 5.56 Å². The van der Waals surface area contributed by atoms with Crippen LogP contribution >= 0.6 is 18.3 Å². The van der Waals surface area contributed by atoms with Gasteiger partial charge in [0.2, 0.25) is 12.3 Å². The van der Waals surface area contributed by atoms with E-state index in [9.17, 15) is 25.1 Å². The fourth-order valence-electron chi connectivity index (χ4n) is 8.02. The normalized spacial score (nSPS) is 23.5. The van der Waals surface area contributed by atoms with Crippen molar-refractivity contribution in [3.8, 4) is 0 Å². The number of nitro groups is 1. The molecule has 0 amide bonds. The Balaban J connectivity index is 1.12. The summed E-state index contributed by atoms with van der Waals surface area (Å²) in [5.41, 5.74) is 1.62. The number of hydrogen-bond donors (Lipinski definition) is 2. The van der Waals surface area contributed by atoms with Gasteiger partial charge in [0.25, 0.3) is 11.2 Å². The van der Waals surface area contributed by atoms with Crippen LogP contribution in [0.5, 0.6) is 0 Å². The fraction of sp³-hybridized carbons (Fsp3) is 0.525. The summed E-state index contributed by atoms with van der Waals surface area (Å²) in [4.78, 5) is 50.3. The molecule has 6 heterocycles.